The molecular weight excluding hydrogens is 626 g/mol. The number of hydrogen-bond donors (Lipinski definition) is 7. The Labute approximate surface area is 295 Å². The summed E-state index contributed by atoms with van der Waals surface area (Å²) < 4.78 is 11.0. The van der Waals surface area contributed by atoms with Crippen molar-refractivity contribution < 1.29 is 44.9 Å². The number of carbonyl (C=O) groups is 1. The molecule has 0 aromatic heterocycles. The van der Waals surface area contributed by atoms with Gasteiger partial charge in [0.1, 0.15) is 30.5 Å². The second kappa shape index (κ2) is 29.6. The van der Waals surface area contributed by atoms with Crippen molar-refractivity contribution in [1.29, 1.82) is 0 Å². The van der Waals surface area contributed by atoms with Crippen LogP contribution in [0.15, 0.2) is 60.8 Å². The van der Waals surface area contributed by atoms with Crippen LogP contribution in [0.1, 0.15) is 117 Å². The van der Waals surface area contributed by atoms with Crippen LogP contribution in [0.5, 0.6) is 0 Å². The molecule has 49 heavy (non-hydrogen) atoms. The molecule has 0 aliphatic carbocycles. The van der Waals surface area contributed by atoms with Gasteiger partial charge in [-0.25, -0.2) is 0 Å². The lowest BCUT2D eigenvalue weighted by molar-refractivity contribution is -0.302. The van der Waals surface area contributed by atoms with E-state index in [1.54, 1.807) is 12.2 Å². The topological polar surface area (TPSA) is 169 Å². The highest BCUT2D eigenvalue weighted by atomic mass is 16.7. The SMILES string of the molecule is CCCC/C=C/CC/C=C/CC/C=C/C(O)C(COC1OC(CO)C(O)C(O)C1O)NC(=O)C(O)C/C=C\C/C=C\CCCCCCCC. The van der Waals surface area contributed by atoms with Gasteiger partial charge in [0.25, 0.3) is 0 Å². The van der Waals surface area contributed by atoms with Gasteiger partial charge in [0, 0.05) is 6.42 Å². The number of ether oxygens (including phenoxy) is 2. The number of nitrogens with one attached hydrogen (secondary N) is 1. The van der Waals surface area contributed by atoms with Gasteiger partial charge in [-0.1, -0.05) is 120 Å². The van der Waals surface area contributed by atoms with Gasteiger partial charge in [0.15, 0.2) is 6.29 Å². The number of unbranched alkanes of at least 4 members (excludes halogenated alkanes) is 10. The second-order valence-electron chi connectivity index (χ2n) is 12.8. The Kier molecular flexibility index (Phi) is 27.1. The Balaban J connectivity index is 2.65. The summed E-state index contributed by atoms with van der Waals surface area (Å²) in [5.74, 6) is -0.704. The van der Waals surface area contributed by atoms with Crippen molar-refractivity contribution in [2.75, 3.05) is 13.2 Å². The molecule has 1 amide bonds. The highest BCUT2D eigenvalue weighted by Crippen LogP contribution is 2.22. The number of carbonyl (C=O) groups excluding carboxylic acids is 1. The predicted octanol–water partition coefficient (Wildman–Crippen LogP) is 5.07. The predicted molar refractivity (Wildman–Crippen MR) is 195 cm³/mol. The van der Waals surface area contributed by atoms with Crippen LogP contribution in [-0.2, 0) is 14.3 Å². The number of rotatable bonds is 28. The summed E-state index contributed by atoms with van der Waals surface area (Å²) in [6, 6.07) is -1.03. The summed E-state index contributed by atoms with van der Waals surface area (Å²) in [5.41, 5.74) is 0. The van der Waals surface area contributed by atoms with Crippen LogP contribution in [0.4, 0.5) is 0 Å². The van der Waals surface area contributed by atoms with Gasteiger partial charge in [-0.3, -0.25) is 4.79 Å². The highest BCUT2D eigenvalue weighted by Gasteiger charge is 2.44. The fourth-order valence-electron chi connectivity index (χ4n) is 5.22. The molecule has 1 heterocycles. The largest absolute Gasteiger partial charge is 0.394 e. The molecule has 8 unspecified atom stereocenters. The zero-order valence-corrected chi connectivity index (χ0v) is 30.0. The van der Waals surface area contributed by atoms with Gasteiger partial charge in [0.2, 0.25) is 5.91 Å². The smallest absolute Gasteiger partial charge is 0.249 e. The number of aliphatic hydroxyl groups excluding tert-OH is 6. The van der Waals surface area contributed by atoms with Crippen molar-refractivity contribution in [3.8, 4) is 0 Å². The maximum atomic E-state index is 12.9. The van der Waals surface area contributed by atoms with Gasteiger partial charge in [-0.05, 0) is 51.4 Å². The lowest BCUT2D eigenvalue weighted by Crippen LogP contribution is -2.60. The molecule has 0 aromatic carbocycles. The molecule has 10 nitrogen and oxygen atoms in total. The average molecular weight is 694 g/mol. The molecule has 0 aromatic rings. The van der Waals surface area contributed by atoms with Crippen LogP contribution < -0.4 is 5.32 Å². The molecule has 8 atom stereocenters. The third kappa shape index (κ3) is 21.0. The first-order valence-electron chi connectivity index (χ1n) is 18.6. The lowest BCUT2D eigenvalue weighted by atomic mass is 9.99. The molecule has 1 aliphatic rings. The average Bonchev–Trinajstić information content (AvgIpc) is 3.10. The van der Waals surface area contributed by atoms with Crippen LogP contribution in [0, 0.1) is 0 Å². The molecule has 7 N–H and O–H groups in total. The van der Waals surface area contributed by atoms with Crippen LogP contribution in [0.2, 0.25) is 0 Å². The molecule has 0 bridgehead atoms. The zero-order chi connectivity index (χ0) is 36.1. The van der Waals surface area contributed by atoms with E-state index < -0.39 is 61.5 Å². The third-order valence-corrected chi connectivity index (χ3v) is 8.41. The first kappa shape index (κ1) is 44.9. The van der Waals surface area contributed by atoms with Crippen molar-refractivity contribution in [1.82, 2.24) is 5.32 Å². The van der Waals surface area contributed by atoms with Gasteiger partial charge >= 0.3 is 0 Å². The minimum absolute atomic E-state index is 0.0875. The van der Waals surface area contributed by atoms with Gasteiger partial charge in [-0.2, -0.15) is 0 Å². The number of allylic oxidation sites excluding steroid dienone is 8. The Bertz CT molecular complexity index is 964. The number of aliphatic hydroxyl groups is 6. The van der Waals surface area contributed by atoms with Gasteiger partial charge in [-0.15, -0.1) is 0 Å². The van der Waals surface area contributed by atoms with Crippen molar-refractivity contribution in [3.63, 3.8) is 0 Å². The fraction of sp³-hybridized carbons (Fsp3) is 0.718. The lowest BCUT2D eigenvalue weighted by Gasteiger charge is -2.40. The first-order chi connectivity index (χ1) is 23.8. The molecule has 10 heteroatoms. The maximum Gasteiger partial charge on any atom is 0.249 e. The van der Waals surface area contributed by atoms with E-state index >= 15 is 0 Å². The highest BCUT2D eigenvalue weighted by molar-refractivity contribution is 5.81. The second-order valence-corrected chi connectivity index (χ2v) is 12.8. The van der Waals surface area contributed by atoms with Crippen LogP contribution >= 0.6 is 0 Å². The van der Waals surface area contributed by atoms with Gasteiger partial charge < -0.3 is 45.4 Å². The van der Waals surface area contributed by atoms with Crippen LogP contribution in [0.3, 0.4) is 0 Å². The van der Waals surface area contributed by atoms with Crippen molar-refractivity contribution >= 4 is 5.91 Å². The quantitative estimate of drug-likeness (QED) is 0.0437. The third-order valence-electron chi connectivity index (χ3n) is 8.41. The normalized spacial score (nSPS) is 23.8. The summed E-state index contributed by atoms with van der Waals surface area (Å²) in [4.78, 5) is 12.9. The minimum Gasteiger partial charge on any atom is -0.394 e. The molecule has 0 spiro atoms. The van der Waals surface area contributed by atoms with Crippen molar-refractivity contribution in [3.05, 3.63) is 60.8 Å². The summed E-state index contributed by atoms with van der Waals surface area (Å²) in [6.45, 7) is 3.43. The molecular formula is C39H67NO9. The zero-order valence-electron chi connectivity index (χ0n) is 30.0. The minimum atomic E-state index is -1.63. The molecule has 1 fully saturated rings. The molecule has 1 saturated heterocycles. The van der Waals surface area contributed by atoms with E-state index in [0.717, 1.165) is 32.1 Å². The van der Waals surface area contributed by atoms with E-state index in [2.05, 4.69) is 55.6 Å². The van der Waals surface area contributed by atoms with Crippen molar-refractivity contribution in [2.45, 2.75) is 166 Å². The van der Waals surface area contributed by atoms with Crippen molar-refractivity contribution in [2.24, 2.45) is 0 Å². The molecule has 1 rings (SSSR count). The Morgan fingerprint density at radius 3 is 1.96 bits per heavy atom. The summed E-state index contributed by atoms with van der Waals surface area (Å²) in [7, 11) is 0. The monoisotopic (exact) mass is 693 g/mol. The molecule has 0 saturated carbocycles. The Morgan fingerprint density at radius 2 is 1.29 bits per heavy atom. The summed E-state index contributed by atoms with van der Waals surface area (Å²) in [6.07, 6.45) is 26.2. The fourth-order valence-corrected chi connectivity index (χ4v) is 5.22. The van der Waals surface area contributed by atoms with E-state index in [1.807, 2.05) is 6.08 Å². The standard InChI is InChI=1S/C39H67NO9/c1-3-5-7-9-11-13-15-17-19-21-23-25-27-32(42)31(30-48-39-37(46)36(45)35(44)34(29-41)49-39)40-38(47)33(43)28-26-24-22-20-18-16-14-12-10-8-6-4-2/h9,11,17-20,24-27,31-37,39,41-46H,3-8,10,12-16,21-23,28-30H2,1-2H3,(H,40,47)/b11-9+,19-17+,20-18-,26-24-,27-25+. The molecule has 282 valence electrons. The van der Waals surface area contributed by atoms with E-state index in [4.69, 9.17) is 9.47 Å². The van der Waals surface area contributed by atoms with E-state index in [-0.39, 0.29) is 13.0 Å². The summed E-state index contributed by atoms with van der Waals surface area (Å²) >= 11 is 0. The number of hydrogen-bond acceptors (Lipinski definition) is 9. The van der Waals surface area contributed by atoms with E-state index in [0.29, 0.717) is 12.8 Å². The number of amides is 1. The maximum absolute atomic E-state index is 12.9. The van der Waals surface area contributed by atoms with E-state index in [9.17, 15) is 35.4 Å². The summed E-state index contributed by atoms with van der Waals surface area (Å²) in [5, 5.41) is 64.0. The first-order valence-corrected chi connectivity index (χ1v) is 18.6. The van der Waals surface area contributed by atoms with Crippen LogP contribution in [0.25, 0.3) is 0 Å². The molecule has 1 aliphatic heterocycles. The van der Waals surface area contributed by atoms with E-state index in [1.165, 1.54) is 57.4 Å². The Morgan fingerprint density at radius 1 is 0.714 bits per heavy atom. The molecule has 0 radical (unpaired) electrons. The van der Waals surface area contributed by atoms with Gasteiger partial charge in [0.05, 0.1) is 25.4 Å². The van der Waals surface area contributed by atoms with Crippen LogP contribution in [-0.4, -0.2) is 98.7 Å². The Hall–Kier alpha value is -2.15.